The van der Waals surface area contributed by atoms with E-state index in [1.54, 1.807) is 24.3 Å². The number of nitrogens with one attached hydrogen (secondary N) is 1. The number of benzene rings is 2. The summed E-state index contributed by atoms with van der Waals surface area (Å²) in [5.41, 5.74) is 0.895. The van der Waals surface area contributed by atoms with Crippen LogP contribution >= 0.6 is 11.8 Å². The van der Waals surface area contributed by atoms with Crippen molar-refractivity contribution in [2.75, 3.05) is 18.2 Å². The number of nitrogens with zero attached hydrogens (tertiary/aromatic N) is 2. The smallest absolute Gasteiger partial charge is 0.538 e. The van der Waals surface area contributed by atoms with E-state index in [4.69, 9.17) is 9.26 Å². The first-order chi connectivity index (χ1) is 14.7. The second kappa shape index (κ2) is 9.60. The van der Waals surface area contributed by atoms with Crippen LogP contribution in [0, 0.1) is 0 Å². The third-order valence-corrected chi connectivity index (χ3v) is 4.85. The average molecular weight is 455 g/mol. The average Bonchev–Trinajstić information content (AvgIpc) is 3.09. The van der Waals surface area contributed by atoms with Crippen molar-refractivity contribution in [2.45, 2.75) is 17.8 Å². The van der Waals surface area contributed by atoms with E-state index in [2.05, 4.69) is 15.3 Å². The number of carbonyl (C=O) groups is 1. The van der Waals surface area contributed by atoms with E-state index >= 15 is 0 Å². The first kappa shape index (κ1) is 22.3. The molecule has 31 heavy (non-hydrogen) atoms. The summed E-state index contributed by atoms with van der Waals surface area (Å²) in [6, 6.07) is 11.6. The molecular weight excluding hydrogens is 439 g/mol. The maximum Gasteiger partial charge on any atom is 0.573 e. The third kappa shape index (κ3) is 6.28. The molecule has 0 aliphatic rings. The number of aromatic nitrogens is 2. The second-order valence-corrected chi connectivity index (χ2v) is 7.08. The molecule has 0 saturated carbocycles. The Balaban J connectivity index is 1.54. The first-order valence-electron chi connectivity index (χ1n) is 8.77. The molecule has 0 aliphatic carbocycles. The standard InChI is InChI=1S/C19H16F3N3O5S/c1-28-14-8-4-13(5-9-14)25-17(18(27)30-24-25)31-11-10-16(26)23-12-2-6-15(7-3-12)29-19(20,21)22/h2-9H,10-11H2,1H3,(H-,23,24,26,27). The molecule has 0 bridgehead atoms. The number of carbonyl (C=O) groups excluding carboxylic acids is 1. The van der Waals surface area contributed by atoms with Gasteiger partial charge in [0.1, 0.15) is 11.5 Å². The summed E-state index contributed by atoms with van der Waals surface area (Å²) >= 11 is 1.09. The SMILES string of the molecule is COc1ccc(-[n+]2noc([O-])c2SCCC(=O)Nc2ccc(OC(F)(F)F)cc2)cc1. The molecule has 12 heteroatoms. The van der Waals surface area contributed by atoms with E-state index in [-0.39, 0.29) is 28.9 Å². The molecule has 2 aromatic carbocycles. The highest BCUT2D eigenvalue weighted by molar-refractivity contribution is 7.99. The zero-order valence-electron chi connectivity index (χ0n) is 16.0. The molecule has 1 N–H and O–H groups in total. The van der Waals surface area contributed by atoms with Crippen LogP contribution in [0.25, 0.3) is 5.69 Å². The van der Waals surface area contributed by atoms with Crippen molar-refractivity contribution in [2.24, 2.45) is 0 Å². The van der Waals surface area contributed by atoms with Gasteiger partial charge in [-0.1, -0.05) is 11.8 Å². The largest absolute Gasteiger partial charge is 0.573 e. The van der Waals surface area contributed by atoms with Crippen LogP contribution in [0.2, 0.25) is 0 Å². The molecule has 0 fully saturated rings. The van der Waals surface area contributed by atoms with E-state index in [0.717, 1.165) is 23.9 Å². The maximum atomic E-state index is 12.2. The minimum Gasteiger partial charge on any atom is -0.538 e. The number of hydrogen-bond donors (Lipinski definition) is 1. The van der Waals surface area contributed by atoms with Gasteiger partial charge in [-0.05, 0) is 41.1 Å². The van der Waals surface area contributed by atoms with Crippen LogP contribution in [0.1, 0.15) is 6.42 Å². The van der Waals surface area contributed by atoms with Gasteiger partial charge in [0.05, 0.1) is 12.4 Å². The molecule has 3 aromatic rings. The number of anilines is 1. The normalized spacial score (nSPS) is 11.2. The molecule has 0 unspecified atom stereocenters. The van der Waals surface area contributed by atoms with Crippen LogP contribution in [0.3, 0.4) is 0 Å². The first-order valence-corrected chi connectivity index (χ1v) is 9.75. The number of ether oxygens (including phenoxy) is 2. The molecule has 0 aliphatic heterocycles. The van der Waals surface area contributed by atoms with Crippen LogP contribution in [0.15, 0.2) is 58.1 Å². The van der Waals surface area contributed by atoms with E-state index in [9.17, 15) is 23.1 Å². The molecule has 0 saturated heterocycles. The van der Waals surface area contributed by atoms with Gasteiger partial charge >= 0.3 is 6.36 Å². The van der Waals surface area contributed by atoms with Gasteiger partial charge in [0.2, 0.25) is 11.6 Å². The minimum absolute atomic E-state index is 0.0404. The van der Waals surface area contributed by atoms with Crippen molar-refractivity contribution >= 4 is 23.4 Å². The van der Waals surface area contributed by atoms with Gasteiger partial charge in [-0.2, -0.15) is 0 Å². The lowest BCUT2D eigenvalue weighted by molar-refractivity contribution is -0.705. The van der Waals surface area contributed by atoms with Crippen LogP contribution in [-0.4, -0.2) is 30.4 Å². The zero-order valence-corrected chi connectivity index (χ0v) is 16.8. The molecule has 0 spiro atoms. The highest BCUT2D eigenvalue weighted by Crippen LogP contribution is 2.26. The van der Waals surface area contributed by atoms with Crippen molar-refractivity contribution in [3.63, 3.8) is 0 Å². The zero-order chi connectivity index (χ0) is 22.4. The van der Waals surface area contributed by atoms with Gasteiger partial charge in [-0.3, -0.25) is 4.79 Å². The summed E-state index contributed by atoms with van der Waals surface area (Å²) in [6.07, 6.45) is -4.74. The molecule has 0 radical (unpaired) electrons. The van der Waals surface area contributed by atoms with Crippen molar-refractivity contribution < 1.29 is 41.8 Å². The third-order valence-electron chi connectivity index (χ3n) is 3.83. The van der Waals surface area contributed by atoms with Crippen molar-refractivity contribution in [1.82, 2.24) is 5.27 Å². The van der Waals surface area contributed by atoms with Crippen molar-refractivity contribution in [3.05, 3.63) is 48.5 Å². The summed E-state index contributed by atoms with van der Waals surface area (Å²) in [5, 5.41) is 18.4. The number of thioether (sulfide) groups is 1. The van der Waals surface area contributed by atoms with E-state index in [1.807, 2.05) is 0 Å². The highest BCUT2D eigenvalue weighted by Gasteiger charge is 2.31. The predicted molar refractivity (Wildman–Crippen MR) is 101 cm³/mol. The minimum atomic E-state index is -4.78. The molecule has 3 rings (SSSR count). The van der Waals surface area contributed by atoms with E-state index < -0.39 is 12.3 Å². The Morgan fingerprint density at radius 2 is 1.81 bits per heavy atom. The highest BCUT2D eigenvalue weighted by atomic mass is 32.2. The Kier molecular flexibility index (Phi) is 6.90. The summed E-state index contributed by atoms with van der Waals surface area (Å²) in [5.74, 6) is -0.523. The quantitative estimate of drug-likeness (QED) is 0.412. The van der Waals surface area contributed by atoms with Crippen molar-refractivity contribution in [1.29, 1.82) is 0 Å². The lowest BCUT2D eigenvalue weighted by Gasteiger charge is -2.09. The van der Waals surface area contributed by atoms with Gasteiger partial charge in [0.15, 0.2) is 5.95 Å². The Morgan fingerprint density at radius 1 is 1.16 bits per heavy atom. The number of rotatable bonds is 8. The second-order valence-electron chi connectivity index (χ2n) is 5.99. The number of hydrogen-bond acceptors (Lipinski definition) is 7. The lowest BCUT2D eigenvalue weighted by atomic mass is 10.3. The summed E-state index contributed by atoms with van der Waals surface area (Å²) in [7, 11) is 1.53. The lowest BCUT2D eigenvalue weighted by Crippen LogP contribution is -2.34. The fourth-order valence-electron chi connectivity index (χ4n) is 2.45. The molecule has 8 nitrogen and oxygen atoms in total. The van der Waals surface area contributed by atoms with Crippen molar-refractivity contribution in [3.8, 4) is 23.1 Å². The monoisotopic (exact) mass is 455 g/mol. The molecular formula is C19H16F3N3O5S. The Labute approximate surface area is 178 Å². The topological polar surface area (TPSA) is 101 Å². The van der Waals surface area contributed by atoms with Crippen LogP contribution < -0.4 is 24.6 Å². The van der Waals surface area contributed by atoms with Crippen LogP contribution in [0.4, 0.5) is 18.9 Å². The molecule has 164 valence electrons. The van der Waals surface area contributed by atoms with Gasteiger partial charge in [0.25, 0.3) is 5.03 Å². The molecule has 1 heterocycles. The van der Waals surface area contributed by atoms with E-state index in [0.29, 0.717) is 17.1 Å². The summed E-state index contributed by atoms with van der Waals surface area (Å²) < 4.78 is 51.4. The Hall–Kier alpha value is -3.41. The number of alkyl halides is 3. The Bertz CT molecular complexity index is 1020. The van der Waals surface area contributed by atoms with Gasteiger partial charge in [0, 0.05) is 30.0 Å². The van der Waals surface area contributed by atoms with Crippen LogP contribution in [0.5, 0.6) is 17.4 Å². The molecule has 0 atom stereocenters. The molecule has 1 amide bonds. The van der Waals surface area contributed by atoms with E-state index in [1.165, 1.54) is 23.9 Å². The van der Waals surface area contributed by atoms with Gasteiger partial charge in [-0.25, -0.2) is 0 Å². The fraction of sp³-hybridized carbons (Fsp3) is 0.211. The maximum absolute atomic E-state index is 12.2. The number of halogens is 3. The Morgan fingerprint density at radius 3 is 2.42 bits per heavy atom. The van der Waals surface area contributed by atoms with Gasteiger partial charge in [-0.15, -0.1) is 13.2 Å². The van der Waals surface area contributed by atoms with Gasteiger partial charge < -0.3 is 24.4 Å². The number of amides is 1. The fourth-order valence-corrected chi connectivity index (χ4v) is 3.35. The summed E-state index contributed by atoms with van der Waals surface area (Å²) in [4.78, 5) is 12.1. The summed E-state index contributed by atoms with van der Waals surface area (Å²) in [6.45, 7) is 0. The van der Waals surface area contributed by atoms with Crippen LogP contribution in [-0.2, 0) is 4.79 Å². The number of methoxy groups -OCH3 is 1. The predicted octanol–water partition coefficient (Wildman–Crippen LogP) is 3.05. The molecule has 1 aromatic heterocycles.